The highest BCUT2D eigenvalue weighted by molar-refractivity contribution is 8.13. The number of carbonyl (C=O) groups is 1. The minimum absolute atomic E-state index is 0.0211. The first kappa shape index (κ1) is 15.7. The Morgan fingerprint density at radius 1 is 1.43 bits per heavy atom. The van der Waals surface area contributed by atoms with E-state index in [-0.39, 0.29) is 11.6 Å². The van der Waals surface area contributed by atoms with Gasteiger partial charge in [0.2, 0.25) is 0 Å². The van der Waals surface area contributed by atoms with Gasteiger partial charge in [-0.2, -0.15) is 0 Å². The maximum Gasteiger partial charge on any atom is 0.271 e. The molecule has 1 aliphatic heterocycles. The Labute approximate surface area is 126 Å². The number of benzene rings is 1. The Morgan fingerprint density at radius 2 is 2.10 bits per heavy atom. The van der Waals surface area contributed by atoms with Gasteiger partial charge < -0.3 is 4.90 Å². The number of nitro groups is 1. The average Bonchev–Trinajstić information content (AvgIpc) is 2.82. The van der Waals surface area contributed by atoms with Gasteiger partial charge >= 0.3 is 0 Å². The summed E-state index contributed by atoms with van der Waals surface area (Å²) in [7, 11) is 1.07. The van der Waals surface area contributed by atoms with Gasteiger partial charge in [-0.25, -0.2) is 8.42 Å². The predicted molar refractivity (Wildman–Crippen MR) is 75.9 cm³/mol. The molecule has 1 saturated heterocycles. The fourth-order valence-corrected chi connectivity index (χ4v) is 3.15. The van der Waals surface area contributed by atoms with Crippen LogP contribution in [-0.2, 0) is 9.05 Å². The highest BCUT2D eigenvalue weighted by Gasteiger charge is 2.28. The summed E-state index contributed by atoms with van der Waals surface area (Å²) in [4.78, 5) is 23.6. The summed E-state index contributed by atoms with van der Waals surface area (Å²) < 4.78 is 22.8. The molecule has 1 amide bonds. The van der Waals surface area contributed by atoms with Crippen molar-refractivity contribution in [3.05, 3.63) is 33.9 Å². The van der Waals surface area contributed by atoms with Gasteiger partial charge in [0, 0.05) is 41.0 Å². The summed E-state index contributed by atoms with van der Waals surface area (Å²) in [6.45, 7) is 2.42. The summed E-state index contributed by atoms with van der Waals surface area (Å²) in [5.41, 5.74) is -0.524. The van der Waals surface area contributed by atoms with Crippen LogP contribution in [0.5, 0.6) is 0 Å². The topological polar surface area (TPSA) is 97.6 Å². The molecule has 2 rings (SSSR count). The van der Waals surface area contributed by atoms with Crippen LogP contribution in [0, 0.1) is 10.1 Å². The fourth-order valence-electron chi connectivity index (χ4n) is 2.35. The van der Waals surface area contributed by atoms with E-state index in [0.29, 0.717) is 6.54 Å². The molecule has 0 bridgehead atoms. The molecule has 0 N–H and O–H groups in total. The zero-order chi connectivity index (χ0) is 15.8. The standard InChI is InChI=1S/C12H13ClN2O5S/c1-8-3-2-4-14(8)12(16)9-5-10(15(17)18)7-11(6-9)21(13,19)20/h5-8H,2-4H2,1H3. The monoisotopic (exact) mass is 332 g/mol. The van der Waals surface area contributed by atoms with Crippen LogP contribution in [0.2, 0.25) is 0 Å². The third-order valence-electron chi connectivity index (χ3n) is 3.44. The minimum atomic E-state index is -4.15. The number of likely N-dealkylation sites (tertiary alicyclic amines) is 1. The van der Waals surface area contributed by atoms with Gasteiger partial charge in [-0.15, -0.1) is 0 Å². The Morgan fingerprint density at radius 3 is 2.57 bits per heavy atom. The van der Waals surface area contributed by atoms with Crippen molar-refractivity contribution in [2.75, 3.05) is 6.54 Å². The molecule has 1 unspecified atom stereocenters. The highest BCUT2D eigenvalue weighted by atomic mass is 35.7. The quantitative estimate of drug-likeness (QED) is 0.480. The second-order valence-corrected chi connectivity index (χ2v) is 7.47. The van der Waals surface area contributed by atoms with E-state index in [9.17, 15) is 23.3 Å². The zero-order valence-corrected chi connectivity index (χ0v) is 12.7. The van der Waals surface area contributed by atoms with Gasteiger partial charge in [0.05, 0.1) is 9.82 Å². The van der Waals surface area contributed by atoms with E-state index >= 15 is 0 Å². The lowest BCUT2D eigenvalue weighted by molar-refractivity contribution is -0.385. The van der Waals surface area contributed by atoms with Crippen molar-refractivity contribution in [2.24, 2.45) is 0 Å². The molecule has 1 fully saturated rings. The number of nitro benzene ring substituents is 1. The van der Waals surface area contributed by atoms with Crippen molar-refractivity contribution in [3.63, 3.8) is 0 Å². The van der Waals surface area contributed by atoms with Crippen LogP contribution in [0.3, 0.4) is 0 Å². The van der Waals surface area contributed by atoms with E-state index in [1.807, 2.05) is 6.92 Å². The van der Waals surface area contributed by atoms with Gasteiger partial charge in [0.15, 0.2) is 0 Å². The molecule has 0 radical (unpaired) electrons. The molecule has 1 aromatic rings. The van der Waals surface area contributed by atoms with Crippen molar-refractivity contribution < 1.29 is 18.1 Å². The van der Waals surface area contributed by atoms with Crippen LogP contribution in [0.1, 0.15) is 30.1 Å². The van der Waals surface area contributed by atoms with Crippen molar-refractivity contribution in [1.29, 1.82) is 0 Å². The van der Waals surface area contributed by atoms with Crippen LogP contribution in [0.25, 0.3) is 0 Å². The lowest BCUT2D eigenvalue weighted by atomic mass is 10.1. The van der Waals surface area contributed by atoms with Crippen LogP contribution in [0.4, 0.5) is 5.69 Å². The molecule has 0 saturated carbocycles. The number of non-ortho nitro benzene ring substituents is 1. The number of nitrogens with zero attached hydrogens (tertiary/aromatic N) is 2. The summed E-state index contributed by atoms with van der Waals surface area (Å²) in [6, 6.07) is 3.00. The van der Waals surface area contributed by atoms with Gasteiger partial charge in [-0.3, -0.25) is 14.9 Å². The molecule has 0 spiro atoms. The van der Waals surface area contributed by atoms with Crippen molar-refractivity contribution in [1.82, 2.24) is 4.90 Å². The van der Waals surface area contributed by atoms with E-state index in [1.54, 1.807) is 4.90 Å². The smallest absolute Gasteiger partial charge is 0.271 e. The second-order valence-electron chi connectivity index (χ2n) is 4.90. The molecule has 0 aromatic heterocycles. The van der Waals surface area contributed by atoms with E-state index in [1.165, 1.54) is 0 Å². The highest BCUT2D eigenvalue weighted by Crippen LogP contribution is 2.26. The normalized spacial score (nSPS) is 18.8. The molecular formula is C12H13ClN2O5S. The van der Waals surface area contributed by atoms with Crippen molar-refractivity contribution >= 4 is 31.3 Å². The molecule has 114 valence electrons. The molecule has 21 heavy (non-hydrogen) atoms. The third kappa shape index (κ3) is 3.33. The van der Waals surface area contributed by atoms with Gasteiger partial charge in [-0.1, -0.05) is 0 Å². The number of hydrogen-bond donors (Lipinski definition) is 0. The predicted octanol–water partition coefficient (Wildman–Crippen LogP) is 2.15. The first-order chi connectivity index (χ1) is 9.70. The number of carbonyl (C=O) groups excluding carboxylic acids is 1. The Bertz CT molecular complexity index is 704. The molecular weight excluding hydrogens is 320 g/mol. The first-order valence-corrected chi connectivity index (χ1v) is 8.56. The summed E-state index contributed by atoms with van der Waals surface area (Å²) in [5, 5.41) is 10.9. The van der Waals surface area contributed by atoms with Gasteiger partial charge in [-0.05, 0) is 25.8 Å². The van der Waals surface area contributed by atoms with Crippen LogP contribution >= 0.6 is 10.7 Å². The summed E-state index contributed by atoms with van der Waals surface area (Å²) >= 11 is 0. The van der Waals surface area contributed by atoms with E-state index < -0.39 is 30.5 Å². The first-order valence-electron chi connectivity index (χ1n) is 6.25. The summed E-state index contributed by atoms with van der Waals surface area (Å²) in [5.74, 6) is -0.426. The Balaban J connectivity index is 2.50. The maximum absolute atomic E-state index is 12.4. The lowest BCUT2D eigenvalue weighted by Gasteiger charge is -2.21. The molecule has 1 aliphatic rings. The van der Waals surface area contributed by atoms with E-state index in [2.05, 4.69) is 0 Å². The number of rotatable bonds is 3. The zero-order valence-electron chi connectivity index (χ0n) is 11.2. The average molecular weight is 333 g/mol. The molecule has 9 heteroatoms. The van der Waals surface area contributed by atoms with Crippen LogP contribution < -0.4 is 0 Å². The minimum Gasteiger partial charge on any atom is -0.336 e. The molecule has 1 heterocycles. The van der Waals surface area contributed by atoms with E-state index in [0.717, 1.165) is 31.0 Å². The third-order valence-corrected chi connectivity index (χ3v) is 4.78. The van der Waals surface area contributed by atoms with Crippen molar-refractivity contribution in [2.45, 2.75) is 30.7 Å². The number of halogens is 1. The SMILES string of the molecule is CC1CCCN1C(=O)c1cc([N+](=O)[O-])cc(S(=O)(=O)Cl)c1. The van der Waals surface area contributed by atoms with Crippen molar-refractivity contribution in [3.8, 4) is 0 Å². The van der Waals surface area contributed by atoms with E-state index in [4.69, 9.17) is 10.7 Å². The van der Waals surface area contributed by atoms with Gasteiger partial charge in [0.1, 0.15) is 0 Å². The number of hydrogen-bond acceptors (Lipinski definition) is 5. The molecule has 1 aromatic carbocycles. The molecule has 1 atom stereocenters. The Kier molecular flexibility index (Phi) is 4.20. The van der Waals surface area contributed by atoms with Gasteiger partial charge in [0.25, 0.3) is 20.6 Å². The maximum atomic E-state index is 12.4. The lowest BCUT2D eigenvalue weighted by Crippen LogP contribution is -2.33. The summed E-state index contributed by atoms with van der Waals surface area (Å²) in [6.07, 6.45) is 1.70. The number of amides is 1. The molecule has 7 nitrogen and oxygen atoms in total. The van der Waals surface area contributed by atoms with Crippen LogP contribution in [0.15, 0.2) is 23.1 Å². The Hall–Kier alpha value is -1.67. The molecule has 0 aliphatic carbocycles. The van der Waals surface area contributed by atoms with Crippen LogP contribution in [-0.4, -0.2) is 36.7 Å². The fraction of sp³-hybridized carbons (Fsp3) is 0.417. The largest absolute Gasteiger partial charge is 0.336 e. The second kappa shape index (κ2) is 5.61.